The Labute approximate surface area is 127 Å². The summed E-state index contributed by atoms with van der Waals surface area (Å²) in [6.45, 7) is 7.25. The standard InChI is InChI=1S/C14H20BrN3S/c1-5-18-13(14(15)10(3)17-18)6-12(16-4)11-8-19-7-9(11)2/h7-8,12,16H,5-6H2,1-4H3. The van der Waals surface area contributed by atoms with Crippen LogP contribution in [0.3, 0.4) is 0 Å². The van der Waals surface area contributed by atoms with E-state index in [1.807, 2.05) is 14.0 Å². The topological polar surface area (TPSA) is 29.9 Å². The van der Waals surface area contributed by atoms with E-state index in [1.54, 1.807) is 11.3 Å². The van der Waals surface area contributed by atoms with Gasteiger partial charge in [0.1, 0.15) is 0 Å². The molecule has 2 aromatic heterocycles. The summed E-state index contributed by atoms with van der Waals surface area (Å²) in [5.74, 6) is 0. The predicted molar refractivity (Wildman–Crippen MR) is 84.9 cm³/mol. The molecule has 5 heteroatoms. The van der Waals surface area contributed by atoms with Crippen molar-refractivity contribution in [2.24, 2.45) is 0 Å². The molecule has 0 amide bonds. The zero-order valence-corrected chi connectivity index (χ0v) is 14.2. The highest BCUT2D eigenvalue weighted by Crippen LogP contribution is 2.29. The van der Waals surface area contributed by atoms with Crippen LogP contribution in [0.5, 0.6) is 0 Å². The van der Waals surface area contributed by atoms with Gasteiger partial charge in [0.2, 0.25) is 0 Å². The lowest BCUT2D eigenvalue weighted by Crippen LogP contribution is -2.21. The van der Waals surface area contributed by atoms with E-state index in [1.165, 1.54) is 16.8 Å². The molecule has 0 aliphatic rings. The fourth-order valence-corrected chi connectivity index (χ4v) is 3.70. The Morgan fingerprint density at radius 2 is 2.16 bits per heavy atom. The third-order valence-corrected chi connectivity index (χ3v) is 5.38. The zero-order valence-electron chi connectivity index (χ0n) is 11.8. The van der Waals surface area contributed by atoms with Crippen molar-refractivity contribution < 1.29 is 0 Å². The smallest absolute Gasteiger partial charge is 0.0738 e. The van der Waals surface area contributed by atoms with Gasteiger partial charge >= 0.3 is 0 Å². The normalized spacial score (nSPS) is 12.9. The first-order valence-electron chi connectivity index (χ1n) is 6.50. The summed E-state index contributed by atoms with van der Waals surface area (Å²) in [4.78, 5) is 0. The number of hydrogen-bond acceptors (Lipinski definition) is 3. The fourth-order valence-electron chi connectivity index (χ4n) is 2.35. The van der Waals surface area contributed by atoms with E-state index in [2.05, 4.69) is 55.6 Å². The number of hydrogen-bond donors (Lipinski definition) is 1. The van der Waals surface area contributed by atoms with Crippen LogP contribution in [-0.4, -0.2) is 16.8 Å². The molecule has 0 bridgehead atoms. The van der Waals surface area contributed by atoms with Crippen LogP contribution in [0.1, 0.15) is 35.5 Å². The van der Waals surface area contributed by atoms with Crippen molar-refractivity contribution in [3.8, 4) is 0 Å². The van der Waals surface area contributed by atoms with E-state index in [4.69, 9.17) is 0 Å². The van der Waals surface area contributed by atoms with Gasteiger partial charge in [0.25, 0.3) is 0 Å². The number of thiophene rings is 1. The highest BCUT2D eigenvalue weighted by Gasteiger charge is 2.19. The molecule has 0 saturated heterocycles. The lowest BCUT2D eigenvalue weighted by Gasteiger charge is -2.17. The molecule has 0 saturated carbocycles. The molecule has 0 spiro atoms. The first-order valence-corrected chi connectivity index (χ1v) is 8.23. The van der Waals surface area contributed by atoms with Gasteiger partial charge in [-0.1, -0.05) is 0 Å². The molecule has 0 aliphatic carbocycles. The quantitative estimate of drug-likeness (QED) is 0.895. The molecule has 19 heavy (non-hydrogen) atoms. The van der Waals surface area contributed by atoms with Crippen LogP contribution in [-0.2, 0) is 13.0 Å². The predicted octanol–water partition coefficient (Wildman–Crippen LogP) is 3.85. The molecule has 104 valence electrons. The molecule has 1 N–H and O–H groups in total. The van der Waals surface area contributed by atoms with Crippen LogP contribution in [0, 0.1) is 13.8 Å². The Bertz CT molecular complexity index is 559. The van der Waals surface area contributed by atoms with Gasteiger partial charge in [0, 0.05) is 19.0 Å². The van der Waals surface area contributed by atoms with Crippen LogP contribution < -0.4 is 5.32 Å². The molecule has 2 heterocycles. The molecule has 1 atom stereocenters. The summed E-state index contributed by atoms with van der Waals surface area (Å²) in [6.07, 6.45) is 0.948. The van der Waals surface area contributed by atoms with E-state index < -0.39 is 0 Å². The molecule has 0 aromatic carbocycles. The van der Waals surface area contributed by atoms with Crippen molar-refractivity contribution in [2.75, 3.05) is 7.05 Å². The Morgan fingerprint density at radius 3 is 2.68 bits per heavy atom. The molecule has 0 aliphatic heterocycles. The van der Waals surface area contributed by atoms with Gasteiger partial charge in [-0.15, -0.1) is 0 Å². The van der Waals surface area contributed by atoms with Crippen molar-refractivity contribution in [3.63, 3.8) is 0 Å². The number of aryl methyl sites for hydroxylation is 3. The maximum atomic E-state index is 4.56. The summed E-state index contributed by atoms with van der Waals surface area (Å²) < 4.78 is 3.23. The number of nitrogens with zero attached hydrogens (tertiary/aromatic N) is 2. The molecular weight excluding hydrogens is 322 g/mol. The molecule has 2 aromatic rings. The average Bonchev–Trinajstić information content (AvgIpc) is 2.93. The molecule has 2 rings (SSSR count). The number of halogens is 1. The molecule has 0 fully saturated rings. The van der Waals surface area contributed by atoms with E-state index >= 15 is 0 Å². The third kappa shape index (κ3) is 2.93. The monoisotopic (exact) mass is 341 g/mol. The summed E-state index contributed by atoms with van der Waals surface area (Å²) in [6, 6.07) is 0.337. The Morgan fingerprint density at radius 1 is 1.42 bits per heavy atom. The number of nitrogens with one attached hydrogen (secondary N) is 1. The van der Waals surface area contributed by atoms with Crippen molar-refractivity contribution in [2.45, 2.75) is 39.8 Å². The third-order valence-electron chi connectivity index (χ3n) is 3.47. The average molecular weight is 342 g/mol. The van der Waals surface area contributed by atoms with Gasteiger partial charge in [0.15, 0.2) is 0 Å². The minimum atomic E-state index is 0.337. The first-order chi connectivity index (χ1) is 9.08. The van der Waals surface area contributed by atoms with Gasteiger partial charge in [-0.2, -0.15) is 16.4 Å². The summed E-state index contributed by atoms with van der Waals surface area (Å²) in [5, 5.41) is 12.4. The fraction of sp³-hybridized carbons (Fsp3) is 0.500. The number of likely N-dealkylation sites (N-methyl/N-ethyl adjacent to an activating group) is 1. The van der Waals surface area contributed by atoms with Crippen LogP contribution in [0.2, 0.25) is 0 Å². The van der Waals surface area contributed by atoms with Crippen molar-refractivity contribution >= 4 is 27.3 Å². The SMILES string of the molecule is CCn1nc(C)c(Br)c1CC(NC)c1cscc1C. The van der Waals surface area contributed by atoms with E-state index in [9.17, 15) is 0 Å². The van der Waals surface area contributed by atoms with E-state index in [0.717, 1.165) is 23.1 Å². The number of aromatic nitrogens is 2. The largest absolute Gasteiger partial charge is 0.313 e. The van der Waals surface area contributed by atoms with E-state index in [0.29, 0.717) is 6.04 Å². The van der Waals surface area contributed by atoms with E-state index in [-0.39, 0.29) is 0 Å². The Hall–Kier alpha value is -0.650. The van der Waals surface area contributed by atoms with Crippen molar-refractivity contribution in [1.82, 2.24) is 15.1 Å². The molecular formula is C14H20BrN3S. The van der Waals surface area contributed by atoms with Crippen molar-refractivity contribution in [3.05, 3.63) is 37.7 Å². The Kier molecular flexibility index (Phi) is 4.81. The zero-order chi connectivity index (χ0) is 14.0. The minimum Gasteiger partial charge on any atom is -0.313 e. The van der Waals surface area contributed by atoms with Gasteiger partial charge in [-0.05, 0) is 65.6 Å². The lowest BCUT2D eigenvalue weighted by atomic mass is 10.0. The second-order valence-electron chi connectivity index (χ2n) is 4.72. The molecule has 3 nitrogen and oxygen atoms in total. The summed E-state index contributed by atoms with van der Waals surface area (Å²) in [7, 11) is 2.02. The van der Waals surface area contributed by atoms with Crippen LogP contribution in [0.4, 0.5) is 0 Å². The summed E-state index contributed by atoms with van der Waals surface area (Å²) in [5.41, 5.74) is 5.08. The minimum absolute atomic E-state index is 0.337. The highest BCUT2D eigenvalue weighted by molar-refractivity contribution is 9.10. The second kappa shape index (κ2) is 6.20. The second-order valence-corrected chi connectivity index (χ2v) is 6.25. The van der Waals surface area contributed by atoms with Gasteiger partial charge in [-0.25, -0.2) is 0 Å². The van der Waals surface area contributed by atoms with Gasteiger partial charge in [-0.3, -0.25) is 4.68 Å². The Balaban J connectivity index is 2.31. The van der Waals surface area contributed by atoms with Crippen LogP contribution >= 0.6 is 27.3 Å². The maximum absolute atomic E-state index is 4.56. The van der Waals surface area contributed by atoms with Gasteiger partial charge < -0.3 is 5.32 Å². The summed E-state index contributed by atoms with van der Waals surface area (Å²) >= 11 is 5.44. The first kappa shape index (κ1) is 14.8. The van der Waals surface area contributed by atoms with Crippen molar-refractivity contribution in [1.29, 1.82) is 0 Å². The lowest BCUT2D eigenvalue weighted by molar-refractivity contribution is 0.539. The highest BCUT2D eigenvalue weighted by atomic mass is 79.9. The van der Waals surface area contributed by atoms with Crippen LogP contribution in [0.25, 0.3) is 0 Å². The van der Waals surface area contributed by atoms with Crippen LogP contribution in [0.15, 0.2) is 15.2 Å². The molecule has 0 radical (unpaired) electrons. The molecule has 1 unspecified atom stereocenters. The van der Waals surface area contributed by atoms with Gasteiger partial charge in [0.05, 0.1) is 15.9 Å². The number of rotatable bonds is 5. The maximum Gasteiger partial charge on any atom is 0.0738 e.